The van der Waals surface area contributed by atoms with Gasteiger partial charge in [-0.1, -0.05) is 30.3 Å². The summed E-state index contributed by atoms with van der Waals surface area (Å²) in [6.07, 6.45) is -0.936. The van der Waals surface area contributed by atoms with Crippen LogP contribution in [0.5, 0.6) is 5.75 Å². The number of aliphatic hydroxyl groups excluding tert-OH is 1. The number of hydrogen-bond donors (Lipinski definition) is 1. The predicted molar refractivity (Wildman–Crippen MR) is 95.6 cm³/mol. The summed E-state index contributed by atoms with van der Waals surface area (Å²) in [7, 11) is 0. The van der Waals surface area contributed by atoms with Crippen molar-refractivity contribution in [3.63, 3.8) is 0 Å². The third-order valence-corrected chi connectivity index (χ3v) is 4.78. The van der Waals surface area contributed by atoms with E-state index in [1.807, 2.05) is 37.3 Å². The Bertz CT molecular complexity index is 710. The molecule has 2 aromatic rings. The zero-order valence-electron chi connectivity index (χ0n) is 14.8. The maximum Gasteiger partial charge on any atom is 0.264 e. The molecule has 0 unspecified atom stereocenters. The lowest BCUT2D eigenvalue weighted by Crippen LogP contribution is -2.07. The number of halogens is 2. The van der Waals surface area contributed by atoms with Gasteiger partial charge in [-0.25, -0.2) is 8.78 Å². The second-order valence-corrected chi connectivity index (χ2v) is 6.39. The normalized spacial score (nSPS) is 17.3. The molecule has 1 aliphatic carbocycles. The fraction of sp³-hybridized carbons (Fsp3) is 0.429. The van der Waals surface area contributed by atoms with Gasteiger partial charge in [0, 0.05) is 25.2 Å². The summed E-state index contributed by atoms with van der Waals surface area (Å²) in [5, 5.41) is 9.17. The maximum absolute atomic E-state index is 13.2. The molecule has 3 nitrogen and oxygen atoms in total. The highest BCUT2D eigenvalue weighted by atomic mass is 19.3. The molecular weight excluding hydrogens is 338 g/mol. The van der Waals surface area contributed by atoms with E-state index in [1.54, 1.807) is 6.07 Å². The van der Waals surface area contributed by atoms with Gasteiger partial charge in [0.05, 0.1) is 6.10 Å². The number of ether oxygens (including phenoxy) is 2. The second kappa shape index (κ2) is 8.60. The van der Waals surface area contributed by atoms with Gasteiger partial charge in [-0.2, -0.15) is 0 Å². The first-order valence-corrected chi connectivity index (χ1v) is 9.03. The summed E-state index contributed by atoms with van der Waals surface area (Å²) in [5.41, 5.74) is 2.69. The number of rotatable bonds is 8. The molecule has 0 fully saturated rings. The van der Waals surface area contributed by atoms with Crippen LogP contribution in [0.3, 0.4) is 0 Å². The fourth-order valence-electron chi connectivity index (χ4n) is 3.56. The van der Waals surface area contributed by atoms with Gasteiger partial charge in [-0.3, -0.25) is 0 Å². The van der Waals surface area contributed by atoms with Crippen molar-refractivity contribution in [2.24, 2.45) is 0 Å². The van der Waals surface area contributed by atoms with Crippen LogP contribution < -0.4 is 4.74 Å². The summed E-state index contributed by atoms with van der Waals surface area (Å²) in [6.45, 7) is 2.57. The van der Waals surface area contributed by atoms with E-state index < -0.39 is 6.43 Å². The molecule has 140 valence electrons. The Morgan fingerprint density at radius 3 is 2.58 bits per heavy atom. The van der Waals surface area contributed by atoms with Gasteiger partial charge in [-0.15, -0.1) is 0 Å². The zero-order valence-corrected chi connectivity index (χ0v) is 14.8. The van der Waals surface area contributed by atoms with Crippen molar-refractivity contribution in [2.45, 2.75) is 44.8 Å². The van der Waals surface area contributed by atoms with E-state index in [0.717, 1.165) is 16.7 Å². The van der Waals surface area contributed by atoms with Crippen LogP contribution in [0, 0.1) is 0 Å². The lowest BCUT2D eigenvalue weighted by Gasteiger charge is -2.18. The molecule has 0 radical (unpaired) electrons. The van der Waals surface area contributed by atoms with Crippen molar-refractivity contribution in [3.8, 4) is 5.75 Å². The molecule has 26 heavy (non-hydrogen) atoms. The van der Waals surface area contributed by atoms with Crippen LogP contribution in [-0.2, 0) is 11.2 Å². The van der Waals surface area contributed by atoms with E-state index in [-0.39, 0.29) is 24.4 Å². The SMILES string of the molecule is CCO[C@@H](CCO)c1ccc(O[C@@H]2CCc3c(C(F)F)cccc32)cc1. The molecule has 0 aliphatic heterocycles. The Morgan fingerprint density at radius 1 is 1.15 bits per heavy atom. The topological polar surface area (TPSA) is 38.7 Å². The van der Waals surface area contributed by atoms with E-state index in [4.69, 9.17) is 14.6 Å². The molecule has 0 spiro atoms. The maximum atomic E-state index is 13.2. The summed E-state index contributed by atoms with van der Waals surface area (Å²) in [4.78, 5) is 0. The molecule has 0 saturated heterocycles. The lowest BCUT2D eigenvalue weighted by molar-refractivity contribution is 0.0431. The van der Waals surface area contributed by atoms with Crippen molar-refractivity contribution in [3.05, 3.63) is 64.7 Å². The minimum atomic E-state index is -2.45. The Hall–Kier alpha value is -1.98. The van der Waals surface area contributed by atoms with Gasteiger partial charge in [0.1, 0.15) is 11.9 Å². The number of aliphatic hydroxyl groups is 1. The highest BCUT2D eigenvalue weighted by Crippen LogP contribution is 2.39. The molecule has 2 aromatic carbocycles. The number of benzene rings is 2. The van der Waals surface area contributed by atoms with Crippen molar-refractivity contribution in [2.75, 3.05) is 13.2 Å². The molecule has 0 amide bonds. The minimum Gasteiger partial charge on any atom is -0.486 e. The van der Waals surface area contributed by atoms with Gasteiger partial charge in [0.2, 0.25) is 0 Å². The van der Waals surface area contributed by atoms with Crippen LogP contribution in [0.15, 0.2) is 42.5 Å². The largest absolute Gasteiger partial charge is 0.486 e. The van der Waals surface area contributed by atoms with Crippen LogP contribution in [0.25, 0.3) is 0 Å². The third-order valence-electron chi connectivity index (χ3n) is 4.78. The minimum absolute atomic E-state index is 0.0637. The smallest absolute Gasteiger partial charge is 0.264 e. The van der Waals surface area contributed by atoms with Gasteiger partial charge in [-0.05, 0) is 48.6 Å². The molecule has 0 saturated carbocycles. The quantitative estimate of drug-likeness (QED) is 0.706. The van der Waals surface area contributed by atoms with Crippen molar-refractivity contribution >= 4 is 0 Å². The van der Waals surface area contributed by atoms with E-state index in [2.05, 4.69) is 0 Å². The van der Waals surface area contributed by atoms with Crippen LogP contribution in [-0.4, -0.2) is 18.3 Å². The first-order valence-electron chi connectivity index (χ1n) is 9.03. The van der Waals surface area contributed by atoms with E-state index in [9.17, 15) is 8.78 Å². The van der Waals surface area contributed by atoms with Gasteiger partial charge in [0.15, 0.2) is 0 Å². The lowest BCUT2D eigenvalue weighted by atomic mass is 10.0. The highest BCUT2D eigenvalue weighted by molar-refractivity contribution is 5.41. The molecule has 5 heteroatoms. The molecule has 2 atom stereocenters. The number of hydrogen-bond acceptors (Lipinski definition) is 3. The molecule has 1 aliphatic rings. The van der Waals surface area contributed by atoms with E-state index in [0.29, 0.717) is 31.6 Å². The monoisotopic (exact) mass is 362 g/mol. The number of fused-ring (bicyclic) bond motifs is 1. The zero-order chi connectivity index (χ0) is 18.5. The van der Waals surface area contributed by atoms with Crippen LogP contribution in [0.4, 0.5) is 8.78 Å². The predicted octanol–water partition coefficient (Wildman–Crippen LogP) is 5.15. The average Bonchev–Trinajstić information content (AvgIpc) is 3.05. The fourth-order valence-corrected chi connectivity index (χ4v) is 3.56. The van der Waals surface area contributed by atoms with Gasteiger partial charge >= 0.3 is 0 Å². The Labute approximate surface area is 152 Å². The standard InChI is InChI=1S/C21H24F2O3/c1-2-25-19(12-13-24)14-6-8-15(9-7-14)26-20-11-10-16-17(20)4-3-5-18(16)21(22)23/h3-9,19-21,24H,2,10-13H2,1H3/t19-,20+/m0/s1. The molecule has 0 heterocycles. The van der Waals surface area contributed by atoms with Crippen LogP contribution in [0.1, 0.15) is 60.7 Å². The number of alkyl halides is 2. The molecule has 0 bridgehead atoms. The van der Waals surface area contributed by atoms with E-state index >= 15 is 0 Å². The average molecular weight is 362 g/mol. The second-order valence-electron chi connectivity index (χ2n) is 6.39. The van der Waals surface area contributed by atoms with Crippen molar-refractivity contribution < 1.29 is 23.4 Å². The Kier molecular flexibility index (Phi) is 6.22. The summed E-state index contributed by atoms with van der Waals surface area (Å²) in [6, 6.07) is 12.6. The van der Waals surface area contributed by atoms with Gasteiger partial charge < -0.3 is 14.6 Å². The highest BCUT2D eigenvalue weighted by Gasteiger charge is 2.28. The van der Waals surface area contributed by atoms with Crippen molar-refractivity contribution in [1.82, 2.24) is 0 Å². The van der Waals surface area contributed by atoms with Gasteiger partial charge in [0.25, 0.3) is 6.43 Å². The Balaban J connectivity index is 1.73. The Morgan fingerprint density at radius 2 is 1.92 bits per heavy atom. The summed E-state index contributed by atoms with van der Waals surface area (Å²) >= 11 is 0. The van der Waals surface area contributed by atoms with Crippen molar-refractivity contribution in [1.29, 1.82) is 0 Å². The molecule has 1 N–H and O–H groups in total. The summed E-state index contributed by atoms with van der Waals surface area (Å²) in [5.74, 6) is 0.702. The first-order chi connectivity index (χ1) is 12.6. The van der Waals surface area contributed by atoms with Crippen LogP contribution >= 0.6 is 0 Å². The third kappa shape index (κ3) is 4.05. The molecular formula is C21H24F2O3. The molecule has 0 aromatic heterocycles. The first kappa shape index (κ1) is 18.8. The van der Waals surface area contributed by atoms with Crippen LogP contribution in [0.2, 0.25) is 0 Å². The molecule has 3 rings (SSSR count). The summed E-state index contributed by atoms with van der Waals surface area (Å²) < 4.78 is 38.0. The van der Waals surface area contributed by atoms with E-state index in [1.165, 1.54) is 6.07 Å².